The van der Waals surface area contributed by atoms with Gasteiger partial charge in [-0.2, -0.15) is 0 Å². The topological polar surface area (TPSA) is 102 Å². The molecule has 4 N–H and O–H groups in total. The maximum atomic E-state index is 8.94. The molecule has 2 aromatic rings. The lowest BCUT2D eigenvalue weighted by molar-refractivity contribution is -0.109. The van der Waals surface area contributed by atoms with Gasteiger partial charge in [-0.3, -0.25) is 15.2 Å². The second-order valence-corrected chi connectivity index (χ2v) is 4.50. The van der Waals surface area contributed by atoms with Gasteiger partial charge in [0.2, 0.25) is 12.3 Å². The van der Waals surface area contributed by atoms with E-state index in [9.17, 15) is 0 Å². The van der Waals surface area contributed by atoms with Gasteiger partial charge >= 0.3 is 0 Å². The fraction of sp³-hybridized carbons (Fsp3) is 0.214. The van der Waals surface area contributed by atoms with Crippen LogP contribution in [-0.4, -0.2) is 23.4 Å². The Kier molecular flexibility index (Phi) is 7.66. The van der Waals surface area contributed by atoms with E-state index in [1.165, 1.54) is 0 Å². The fourth-order valence-electron chi connectivity index (χ4n) is 1.60. The molecule has 0 aliphatic heterocycles. The van der Waals surface area contributed by atoms with Gasteiger partial charge in [0.05, 0.1) is 11.9 Å². The lowest BCUT2D eigenvalue weighted by atomic mass is 10.2. The lowest BCUT2D eigenvalue weighted by Gasteiger charge is -2.11. The molecule has 8 heteroatoms. The van der Waals surface area contributed by atoms with Crippen molar-refractivity contribution in [3.05, 3.63) is 46.9 Å². The molecule has 0 aliphatic rings. The van der Waals surface area contributed by atoms with Crippen LogP contribution in [0.3, 0.4) is 0 Å². The van der Waals surface area contributed by atoms with Crippen LogP contribution in [0.25, 0.3) is 0 Å². The van der Waals surface area contributed by atoms with E-state index in [-0.39, 0.29) is 0 Å². The number of halogens is 1. The number of ether oxygens (including phenoxy) is 1. The summed E-state index contributed by atoms with van der Waals surface area (Å²) in [7, 11) is 1.85. The van der Waals surface area contributed by atoms with E-state index in [1.807, 2.05) is 32.2 Å². The first kappa shape index (κ1) is 17.7. The number of nitrogens with two attached hydrogens (primary N) is 1. The van der Waals surface area contributed by atoms with Crippen LogP contribution in [0.4, 0.5) is 5.69 Å². The van der Waals surface area contributed by atoms with Crippen molar-refractivity contribution in [2.24, 2.45) is 5.84 Å². The molecule has 0 aliphatic carbocycles. The van der Waals surface area contributed by atoms with Crippen molar-refractivity contribution in [3.8, 4) is 5.88 Å². The summed E-state index contributed by atoms with van der Waals surface area (Å²) in [5.41, 5.74) is 4.42. The molecule has 7 nitrogen and oxygen atoms in total. The van der Waals surface area contributed by atoms with Crippen molar-refractivity contribution >= 4 is 23.7 Å². The number of hydrazine groups is 1. The van der Waals surface area contributed by atoms with Crippen LogP contribution in [-0.2, 0) is 11.4 Å². The maximum Gasteiger partial charge on any atom is 0.232 e. The number of hydrogen-bond donors (Lipinski definition) is 3. The van der Waals surface area contributed by atoms with Crippen LogP contribution in [0.5, 0.6) is 5.88 Å². The van der Waals surface area contributed by atoms with Crippen LogP contribution >= 0.6 is 11.6 Å². The minimum Gasteiger partial charge on any atom is -0.472 e. The molecule has 22 heavy (non-hydrogen) atoms. The first-order chi connectivity index (χ1) is 10.6. The third-order valence-electron chi connectivity index (χ3n) is 2.55. The van der Waals surface area contributed by atoms with Crippen molar-refractivity contribution < 1.29 is 9.53 Å². The number of anilines is 1. The predicted molar refractivity (Wildman–Crippen MR) is 85.5 cm³/mol. The van der Waals surface area contributed by atoms with Gasteiger partial charge in [-0.25, -0.2) is 10.8 Å². The van der Waals surface area contributed by atoms with E-state index >= 15 is 0 Å². The molecule has 0 radical (unpaired) electrons. The zero-order valence-electron chi connectivity index (χ0n) is 12.3. The summed E-state index contributed by atoms with van der Waals surface area (Å²) < 4.78 is 5.60. The van der Waals surface area contributed by atoms with Crippen LogP contribution in [0, 0.1) is 6.92 Å². The van der Waals surface area contributed by atoms with Crippen molar-refractivity contribution in [3.63, 3.8) is 0 Å². The van der Waals surface area contributed by atoms with Gasteiger partial charge in [0.1, 0.15) is 6.61 Å². The summed E-state index contributed by atoms with van der Waals surface area (Å²) in [6, 6.07) is 5.68. The molecule has 0 spiro atoms. The number of nitrogens with zero attached hydrogens (tertiary/aromatic N) is 2. The van der Waals surface area contributed by atoms with Gasteiger partial charge < -0.3 is 10.1 Å². The summed E-state index contributed by atoms with van der Waals surface area (Å²) >= 11 is 6.15. The highest BCUT2D eigenvalue weighted by molar-refractivity contribution is 6.31. The number of carbonyl (C=O) groups is 1. The van der Waals surface area contributed by atoms with Crippen molar-refractivity contribution in [2.75, 3.05) is 12.4 Å². The van der Waals surface area contributed by atoms with E-state index in [2.05, 4.69) is 21.1 Å². The first-order valence-corrected chi connectivity index (χ1v) is 6.76. The summed E-state index contributed by atoms with van der Waals surface area (Å²) in [4.78, 5) is 17.2. The Balaban J connectivity index is 0.000000541. The van der Waals surface area contributed by atoms with Crippen molar-refractivity contribution in [1.29, 1.82) is 0 Å². The third-order valence-corrected chi connectivity index (χ3v) is 2.91. The number of benzene rings is 1. The summed E-state index contributed by atoms with van der Waals surface area (Å²) in [6.45, 7) is 2.22. The number of nitrogens with one attached hydrogen (secondary N) is 2. The van der Waals surface area contributed by atoms with Gasteiger partial charge in [-0.1, -0.05) is 17.7 Å². The molecule has 1 aromatic carbocycles. The van der Waals surface area contributed by atoms with Crippen LogP contribution in [0.1, 0.15) is 11.3 Å². The third kappa shape index (κ3) is 5.55. The summed E-state index contributed by atoms with van der Waals surface area (Å²) in [5, 5.41) is 3.75. The number of aryl methyl sites for hydroxylation is 1. The van der Waals surface area contributed by atoms with Crippen LogP contribution in [0.2, 0.25) is 5.02 Å². The van der Waals surface area contributed by atoms with Crippen LogP contribution in [0.15, 0.2) is 30.6 Å². The minimum atomic E-state index is 0.355. The molecular weight excluding hydrogens is 306 g/mol. The average Bonchev–Trinajstić information content (AvgIpc) is 2.53. The van der Waals surface area contributed by atoms with Crippen molar-refractivity contribution in [1.82, 2.24) is 15.4 Å². The van der Waals surface area contributed by atoms with E-state index in [1.54, 1.807) is 17.8 Å². The number of carbonyl (C=O) groups excluding carboxylic acids is 1. The predicted octanol–water partition coefficient (Wildman–Crippen LogP) is 1.67. The fourth-order valence-corrected chi connectivity index (χ4v) is 1.82. The van der Waals surface area contributed by atoms with Gasteiger partial charge in [0, 0.05) is 29.5 Å². The van der Waals surface area contributed by atoms with Crippen LogP contribution < -0.4 is 21.3 Å². The lowest BCUT2D eigenvalue weighted by Crippen LogP contribution is -2.18. The highest BCUT2D eigenvalue weighted by Gasteiger charge is 2.07. The molecular formula is C14H18ClN5O2. The average molecular weight is 324 g/mol. The standard InChI is InChI=1S/C13H14ClN3O.CH4N2O/c1-9-6-16-7-13(17-9)18-8-10-11(14)4-3-5-12(10)15-2;2-3-1-4/h3-7,15H,8H2,1-2H3;1H,2H2,(H,3,4). The highest BCUT2D eigenvalue weighted by Crippen LogP contribution is 2.25. The van der Waals surface area contributed by atoms with E-state index < -0.39 is 0 Å². The molecule has 2 rings (SSSR count). The van der Waals surface area contributed by atoms with E-state index in [4.69, 9.17) is 21.1 Å². The highest BCUT2D eigenvalue weighted by atomic mass is 35.5. The quantitative estimate of drug-likeness (QED) is 0.335. The Bertz CT molecular complexity index is 610. The maximum absolute atomic E-state index is 8.94. The van der Waals surface area contributed by atoms with Gasteiger partial charge in [0.25, 0.3) is 0 Å². The number of amides is 1. The number of aromatic nitrogens is 2. The second kappa shape index (κ2) is 9.54. The number of hydrogen-bond acceptors (Lipinski definition) is 6. The Morgan fingerprint density at radius 2 is 2.14 bits per heavy atom. The molecule has 1 aromatic heterocycles. The Morgan fingerprint density at radius 3 is 2.73 bits per heavy atom. The van der Waals surface area contributed by atoms with E-state index in [0.29, 0.717) is 23.9 Å². The molecule has 1 amide bonds. The first-order valence-electron chi connectivity index (χ1n) is 6.38. The molecule has 0 saturated carbocycles. The molecule has 0 saturated heterocycles. The van der Waals surface area contributed by atoms with Crippen molar-refractivity contribution in [2.45, 2.75) is 13.5 Å². The molecule has 0 fully saturated rings. The molecule has 1 heterocycles. The normalized spacial score (nSPS) is 9.27. The van der Waals surface area contributed by atoms with Gasteiger partial charge in [-0.15, -0.1) is 0 Å². The zero-order chi connectivity index (χ0) is 16.4. The second-order valence-electron chi connectivity index (χ2n) is 4.09. The Hall–Kier alpha value is -2.38. The Morgan fingerprint density at radius 1 is 1.41 bits per heavy atom. The summed E-state index contributed by atoms with van der Waals surface area (Å²) in [5.74, 6) is 4.91. The number of rotatable bonds is 5. The van der Waals surface area contributed by atoms with Gasteiger partial charge in [-0.05, 0) is 19.1 Å². The largest absolute Gasteiger partial charge is 0.472 e. The van der Waals surface area contributed by atoms with Gasteiger partial charge in [0.15, 0.2) is 0 Å². The monoisotopic (exact) mass is 323 g/mol. The zero-order valence-corrected chi connectivity index (χ0v) is 13.1. The Labute approximate surface area is 133 Å². The van der Waals surface area contributed by atoms with E-state index in [0.717, 1.165) is 16.9 Å². The molecule has 0 unspecified atom stereocenters. The summed E-state index contributed by atoms with van der Waals surface area (Å²) in [6.07, 6.45) is 3.67. The SMILES string of the molecule is CNc1cccc(Cl)c1COc1cncc(C)n1.NNC=O. The molecule has 0 bridgehead atoms. The molecule has 0 atom stereocenters. The minimum absolute atomic E-state index is 0.355. The molecule has 118 valence electrons. The smallest absolute Gasteiger partial charge is 0.232 e.